The summed E-state index contributed by atoms with van der Waals surface area (Å²) < 4.78 is 0. The minimum Gasteiger partial charge on any atom is -0.103 e. The van der Waals surface area contributed by atoms with E-state index in [2.05, 4.69) is 18.8 Å². The number of rotatable bonds is 3. The van der Waals surface area contributed by atoms with Crippen LogP contribution in [0.2, 0.25) is 0 Å². The molecule has 0 saturated heterocycles. The normalized spacial score (nSPS) is 7.67. The Balaban J connectivity index is 3.05. The molecule has 9 heavy (non-hydrogen) atoms. The zero-order valence-corrected chi connectivity index (χ0v) is 5.98. The first-order chi connectivity index (χ1) is 4.41. The molecule has 0 N–H and O–H groups in total. The van der Waals surface area contributed by atoms with E-state index in [4.69, 9.17) is 6.58 Å². The minimum absolute atomic E-state index is 0.913. The van der Waals surface area contributed by atoms with Crippen LogP contribution in [0.25, 0.3) is 0 Å². The monoisotopic (exact) mass is 121 g/mol. The molecule has 0 spiro atoms. The van der Waals surface area contributed by atoms with Crippen molar-refractivity contribution in [3.63, 3.8) is 0 Å². The van der Waals surface area contributed by atoms with E-state index in [9.17, 15) is 0 Å². The lowest BCUT2D eigenvalue weighted by molar-refractivity contribution is 0.978. The molecule has 0 aromatic rings. The van der Waals surface area contributed by atoms with Crippen LogP contribution < -0.4 is 0 Å². The second kappa shape index (κ2) is 7.30. The topological polar surface area (TPSA) is 0 Å². The first-order valence-electron chi connectivity index (χ1n) is 3.41. The molecule has 0 aliphatic rings. The number of hydrogen-bond acceptors (Lipinski definition) is 0. The number of allylic oxidation sites excluding steroid dienone is 1. The summed E-state index contributed by atoms with van der Waals surface area (Å²) in [6, 6.07) is 0. The van der Waals surface area contributed by atoms with Crippen LogP contribution >= 0.6 is 0 Å². The Morgan fingerprint density at radius 1 is 1.33 bits per heavy atom. The first kappa shape index (κ1) is 8.30. The van der Waals surface area contributed by atoms with E-state index >= 15 is 0 Å². The van der Waals surface area contributed by atoms with Gasteiger partial charge in [0.05, 0.1) is 0 Å². The Bertz CT molecular complexity index is 112. The third kappa shape index (κ3) is 7.30. The summed E-state index contributed by atoms with van der Waals surface area (Å²) in [5.74, 6) is 6.07. The smallest absolute Gasteiger partial charge is 0.0123 e. The predicted molar refractivity (Wildman–Crippen MR) is 40.8 cm³/mol. The van der Waals surface area contributed by atoms with Crippen molar-refractivity contribution in [2.24, 2.45) is 0 Å². The van der Waals surface area contributed by atoms with E-state index in [1.807, 2.05) is 0 Å². The third-order valence-electron chi connectivity index (χ3n) is 0.936. The van der Waals surface area contributed by atoms with E-state index < -0.39 is 0 Å². The molecule has 0 rings (SSSR count). The summed E-state index contributed by atoms with van der Waals surface area (Å²) in [4.78, 5) is 0. The van der Waals surface area contributed by atoms with Crippen LogP contribution in [0.15, 0.2) is 6.08 Å². The molecule has 0 saturated carbocycles. The van der Waals surface area contributed by atoms with E-state index in [1.165, 1.54) is 0 Å². The van der Waals surface area contributed by atoms with Crippen LogP contribution in [0, 0.1) is 18.4 Å². The molecular formula is C9H13. The quantitative estimate of drug-likeness (QED) is 0.397. The molecule has 0 unspecified atom stereocenters. The molecule has 0 heterocycles. The van der Waals surface area contributed by atoms with Gasteiger partial charge in [-0.2, -0.15) is 0 Å². The number of hydrogen-bond donors (Lipinski definition) is 0. The molecule has 1 radical (unpaired) electrons. The van der Waals surface area contributed by atoms with Gasteiger partial charge in [0.2, 0.25) is 0 Å². The predicted octanol–water partition coefficient (Wildman–Crippen LogP) is 2.56. The molecule has 49 valence electrons. The fraction of sp³-hybridized carbons (Fsp3) is 0.556. The molecule has 0 nitrogen and oxygen atoms in total. The molecule has 0 bridgehead atoms. The van der Waals surface area contributed by atoms with Gasteiger partial charge in [0.25, 0.3) is 0 Å². The Morgan fingerprint density at radius 3 is 2.56 bits per heavy atom. The fourth-order valence-electron chi connectivity index (χ4n) is 0.457. The van der Waals surface area contributed by atoms with Crippen molar-refractivity contribution in [2.75, 3.05) is 0 Å². The van der Waals surface area contributed by atoms with Crippen LogP contribution in [0.3, 0.4) is 0 Å². The van der Waals surface area contributed by atoms with Gasteiger partial charge in [-0.05, 0) is 12.8 Å². The van der Waals surface area contributed by atoms with Crippen LogP contribution in [0.5, 0.6) is 0 Å². The first-order valence-corrected chi connectivity index (χ1v) is 3.41. The summed E-state index contributed by atoms with van der Waals surface area (Å²) in [5.41, 5.74) is 0. The molecule has 0 amide bonds. The largest absolute Gasteiger partial charge is 0.103 e. The zero-order valence-electron chi connectivity index (χ0n) is 5.98. The van der Waals surface area contributed by atoms with Crippen molar-refractivity contribution in [3.8, 4) is 11.8 Å². The standard InChI is InChI=1S/C9H13/c1-3-5-7-9-8-6-4-2/h1,3H,4-7H2,2H3. The van der Waals surface area contributed by atoms with Crippen LogP contribution in [0.1, 0.15) is 32.6 Å². The van der Waals surface area contributed by atoms with E-state index in [1.54, 1.807) is 6.08 Å². The van der Waals surface area contributed by atoms with Crippen LogP contribution in [-0.4, -0.2) is 0 Å². The molecule has 0 aliphatic carbocycles. The summed E-state index contributed by atoms with van der Waals surface area (Å²) in [7, 11) is 0. The molecule has 0 aromatic heterocycles. The van der Waals surface area contributed by atoms with Gasteiger partial charge in [0, 0.05) is 12.8 Å². The molecule has 0 atom stereocenters. The maximum Gasteiger partial charge on any atom is 0.0123 e. The Hall–Kier alpha value is -0.700. The second-order valence-electron chi connectivity index (χ2n) is 1.88. The minimum atomic E-state index is 0.913. The summed E-state index contributed by atoms with van der Waals surface area (Å²) in [6.45, 7) is 7.28. The van der Waals surface area contributed by atoms with Gasteiger partial charge in [0.1, 0.15) is 0 Å². The van der Waals surface area contributed by atoms with Gasteiger partial charge in [-0.15, -0.1) is 11.8 Å². The molecule has 0 aromatic carbocycles. The Labute approximate surface area is 58.0 Å². The van der Waals surface area contributed by atoms with Gasteiger partial charge in [-0.3, -0.25) is 0 Å². The molecular weight excluding hydrogens is 108 g/mol. The maximum atomic E-state index is 5.15. The van der Waals surface area contributed by atoms with Crippen molar-refractivity contribution < 1.29 is 0 Å². The van der Waals surface area contributed by atoms with E-state index in [0.717, 1.165) is 25.7 Å². The van der Waals surface area contributed by atoms with Crippen LogP contribution in [0.4, 0.5) is 0 Å². The van der Waals surface area contributed by atoms with Gasteiger partial charge in [-0.1, -0.05) is 19.6 Å². The van der Waals surface area contributed by atoms with Gasteiger partial charge >= 0.3 is 0 Å². The average molecular weight is 121 g/mol. The second-order valence-corrected chi connectivity index (χ2v) is 1.88. The highest BCUT2D eigenvalue weighted by Crippen LogP contribution is 1.87. The molecule has 0 fully saturated rings. The van der Waals surface area contributed by atoms with E-state index in [-0.39, 0.29) is 0 Å². The lowest BCUT2D eigenvalue weighted by atomic mass is 10.3. The third-order valence-corrected chi connectivity index (χ3v) is 0.936. The van der Waals surface area contributed by atoms with Gasteiger partial charge < -0.3 is 0 Å². The van der Waals surface area contributed by atoms with E-state index in [0.29, 0.717) is 0 Å². The van der Waals surface area contributed by atoms with Gasteiger partial charge in [0.15, 0.2) is 0 Å². The van der Waals surface area contributed by atoms with Crippen molar-refractivity contribution >= 4 is 0 Å². The highest BCUT2D eigenvalue weighted by atomic mass is 13.8. The van der Waals surface area contributed by atoms with Crippen molar-refractivity contribution in [3.05, 3.63) is 12.7 Å². The van der Waals surface area contributed by atoms with Crippen LogP contribution in [-0.2, 0) is 0 Å². The highest BCUT2D eigenvalue weighted by molar-refractivity contribution is 4.99. The van der Waals surface area contributed by atoms with Crippen molar-refractivity contribution in [1.82, 2.24) is 0 Å². The summed E-state index contributed by atoms with van der Waals surface area (Å²) in [5, 5.41) is 0. The highest BCUT2D eigenvalue weighted by Gasteiger charge is 1.72. The lowest BCUT2D eigenvalue weighted by Crippen LogP contribution is -1.64. The SMILES string of the molecule is [CH]=CCCC#CCCC. The maximum absolute atomic E-state index is 5.15. The Kier molecular flexibility index (Phi) is 6.73. The summed E-state index contributed by atoms with van der Waals surface area (Å²) in [6.07, 6.45) is 5.65. The zero-order chi connectivity index (χ0) is 6.95. The van der Waals surface area contributed by atoms with Crippen molar-refractivity contribution in [1.29, 1.82) is 0 Å². The lowest BCUT2D eigenvalue weighted by Gasteiger charge is -1.79. The molecule has 0 heteroatoms. The number of unbranched alkanes of at least 4 members (excludes halogenated alkanes) is 2. The molecule has 0 aliphatic heterocycles. The van der Waals surface area contributed by atoms with Gasteiger partial charge in [-0.25, -0.2) is 0 Å². The summed E-state index contributed by atoms with van der Waals surface area (Å²) >= 11 is 0. The Morgan fingerprint density at radius 2 is 2.00 bits per heavy atom. The van der Waals surface area contributed by atoms with Crippen molar-refractivity contribution in [2.45, 2.75) is 32.6 Å². The fourth-order valence-corrected chi connectivity index (χ4v) is 0.457. The average Bonchev–Trinajstić information content (AvgIpc) is 1.89.